The van der Waals surface area contributed by atoms with Crippen molar-refractivity contribution in [3.63, 3.8) is 0 Å². The molecule has 25 heavy (non-hydrogen) atoms. The molecule has 2 rings (SSSR count). The summed E-state index contributed by atoms with van der Waals surface area (Å²) in [6, 6.07) is 9.03. The zero-order valence-electron chi connectivity index (χ0n) is 14.3. The number of urea groups is 1. The van der Waals surface area contributed by atoms with Crippen molar-refractivity contribution in [2.24, 2.45) is 0 Å². The van der Waals surface area contributed by atoms with E-state index in [0.717, 1.165) is 30.6 Å². The van der Waals surface area contributed by atoms with Crippen LogP contribution < -0.4 is 10.6 Å². The third kappa shape index (κ3) is 7.17. The van der Waals surface area contributed by atoms with Gasteiger partial charge >= 0.3 is 12.0 Å². The van der Waals surface area contributed by atoms with Crippen molar-refractivity contribution in [3.05, 3.63) is 30.3 Å². The summed E-state index contributed by atoms with van der Waals surface area (Å²) >= 11 is 1.33. The summed E-state index contributed by atoms with van der Waals surface area (Å²) in [5, 5.41) is 5.02. The summed E-state index contributed by atoms with van der Waals surface area (Å²) < 4.78 is 5.07. The second kappa shape index (κ2) is 10.1. The number of carbonyl (C=O) groups is 3. The monoisotopic (exact) mass is 364 g/mol. The fourth-order valence-electron chi connectivity index (χ4n) is 2.63. The Hall–Kier alpha value is -2.02. The zero-order valence-corrected chi connectivity index (χ0v) is 15.1. The quantitative estimate of drug-likeness (QED) is 0.599. The van der Waals surface area contributed by atoms with Crippen LogP contribution in [0.15, 0.2) is 35.2 Å². The molecule has 1 atom stereocenters. The Labute approximate surface area is 152 Å². The van der Waals surface area contributed by atoms with Gasteiger partial charge in [0, 0.05) is 10.9 Å². The number of carbonyl (C=O) groups excluding carboxylic acids is 3. The molecule has 0 saturated heterocycles. The molecular formula is C18H24N2O4S. The van der Waals surface area contributed by atoms with Gasteiger partial charge < -0.3 is 10.1 Å². The molecule has 1 unspecified atom stereocenters. The van der Waals surface area contributed by atoms with E-state index in [1.165, 1.54) is 25.1 Å². The summed E-state index contributed by atoms with van der Waals surface area (Å²) in [5.74, 6) is -1.01. The Morgan fingerprint density at radius 3 is 2.52 bits per heavy atom. The van der Waals surface area contributed by atoms with Gasteiger partial charge in [-0.2, -0.15) is 0 Å². The Morgan fingerprint density at radius 1 is 1.16 bits per heavy atom. The third-order valence-electron chi connectivity index (χ3n) is 3.95. The number of amides is 3. The molecular weight excluding hydrogens is 340 g/mol. The van der Waals surface area contributed by atoms with Gasteiger partial charge in [0.05, 0.1) is 5.75 Å². The number of ether oxygens (including phenoxy) is 1. The molecule has 0 radical (unpaired) electrons. The normalized spacial score (nSPS) is 15.9. The van der Waals surface area contributed by atoms with Gasteiger partial charge in [-0.1, -0.05) is 37.5 Å². The molecule has 1 fully saturated rings. The highest BCUT2D eigenvalue weighted by Crippen LogP contribution is 2.18. The summed E-state index contributed by atoms with van der Waals surface area (Å²) in [6.07, 6.45) is 4.22. The molecule has 0 spiro atoms. The number of hydrogen-bond donors (Lipinski definition) is 2. The highest BCUT2D eigenvalue weighted by Gasteiger charge is 2.22. The molecule has 1 saturated carbocycles. The minimum absolute atomic E-state index is 0.107. The minimum Gasteiger partial charge on any atom is -0.452 e. The molecule has 136 valence electrons. The molecule has 1 aromatic carbocycles. The Morgan fingerprint density at radius 2 is 1.84 bits per heavy atom. The average Bonchev–Trinajstić information content (AvgIpc) is 2.61. The van der Waals surface area contributed by atoms with Crippen LogP contribution in [-0.2, 0) is 14.3 Å². The van der Waals surface area contributed by atoms with Crippen molar-refractivity contribution in [3.8, 4) is 0 Å². The average molecular weight is 364 g/mol. The van der Waals surface area contributed by atoms with E-state index in [0.29, 0.717) is 0 Å². The van der Waals surface area contributed by atoms with E-state index < -0.39 is 24.0 Å². The number of esters is 1. The lowest BCUT2D eigenvalue weighted by atomic mass is 9.96. The van der Waals surface area contributed by atoms with Crippen LogP contribution in [-0.4, -0.2) is 35.8 Å². The standard InChI is InChI=1S/C18H24N2O4S/c1-13(24-16(21)12-25-15-10-6-3-7-11-15)17(22)20-18(23)19-14-8-4-2-5-9-14/h3,6-7,10-11,13-14H,2,4-5,8-9,12H2,1H3,(H2,19,20,22,23). The van der Waals surface area contributed by atoms with E-state index in [-0.39, 0.29) is 11.8 Å². The van der Waals surface area contributed by atoms with Crippen molar-refractivity contribution < 1.29 is 19.1 Å². The van der Waals surface area contributed by atoms with Gasteiger partial charge in [0.2, 0.25) is 0 Å². The topological polar surface area (TPSA) is 84.5 Å². The van der Waals surface area contributed by atoms with Crippen LogP contribution in [0.2, 0.25) is 0 Å². The maximum absolute atomic E-state index is 11.9. The van der Waals surface area contributed by atoms with Gasteiger partial charge in [-0.3, -0.25) is 14.9 Å². The SMILES string of the molecule is CC(OC(=O)CSc1ccccc1)C(=O)NC(=O)NC1CCCCC1. The number of thioether (sulfide) groups is 1. The molecule has 6 nitrogen and oxygen atoms in total. The number of imide groups is 1. The maximum atomic E-state index is 11.9. The first-order chi connectivity index (χ1) is 12.0. The Kier molecular flexibility index (Phi) is 7.78. The first kappa shape index (κ1) is 19.3. The van der Waals surface area contributed by atoms with Crippen LogP contribution in [0, 0.1) is 0 Å². The molecule has 0 bridgehead atoms. The lowest BCUT2D eigenvalue weighted by Gasteiger charge is -2.23. The number of rotatable bonds is 6. The largest absolute Gasteiger partial charge is 0.452 e. The van der Waals surface area contributed by atoms with E-state index in [1.807, 2.05) is 30.3 Å². The fourth-order valence-corrected chi connectivity index (χ4v) is 3.33. The lowest BCUT2D eigenvalue weighted by Crippen LogP contribution is -2.48. The number of nitrogens with one attached hydrogen (secondary N) is 2. The fraction of sp³-hybridized carbons (Fsp3) is 0.500. The molecule has 0 aliphatic heterocycles. The summed E-state index contributed by atoms with van der Waals surface area (Å²) in [5.41, 5.74) is 0. The van der Waals surface area contributed by atoms with Crippen LogP contribution in [0.5, 0.6) is 0 Å². The molecule has 7 heteroatoms. The van der Waals surface area contributed by atoms with Crippen LogP contribution in [0.25, 0.3) is 0 Å². The molecule has 0 aromatic heterocycles. The summed E-state index contributed by atoms with van der Waals surface area (Å²) in [4.78, 5) is 36.5. The summed E-state index contributed by atoms with van der Waals surface area (Å²) in [6.45, 7) is 1.45. The second-order valence-corrected chi connectivity index (χ2v) is 7.08. The first-order valence-corrected chi connectivity index (χ1v) is 9.52. The smallest absolute Gasteiger partial charge is 0.321 e. The molecule has 1 aliphatic rings. The van der Waals surface area contributed by atoms with Gasteiger partial charge in [0.1, 0.15) is 0 Å². The van der Waals surface area contributed by atoms with Gasteiger partial charge in [-0.25, -0.2) is 4.79 Å². The van der Waals surface area contributed by atoms with Crippen molar-refractivity contribution in [1.82, 2.24) is 10.6 Å². The lowest BCUT2D eigenvalue weighted by molar-refractivity contribution is -0.151. The van der Waals surface area contributed by atoms with Crippen LogP contribution in [0.3, 0.4) is 0 Å². The van der Waals surface area contributed by atoms with Crippen molar-refractivity contribution in [2.45, 2.75) is 56.1 Å². The number of hydrogen-bond acceptors (Lipinski definition) is 5. The van der Waals surface area contributed by atoms with Crippen molar-refractivity contribution >= 4 is 29.7 Å². The second-order valence-electron chi connectivity index (χ2n) is 6.03. The zero-order chi connectivity index (χ0) is 18.1. The van der Waals surface area contributed by atoms with Crippen LogP contribution in [0.1, 0.15) is 39.0 Å². The highest BCUT2D eigenvalue weighted by atomic mass is 32.2. The van der Waals surface area contributed by atoms with Crippen molar-refractivity contribution in [1.29, 1.82) is 0 Å². The number of benzene rings is 1. The Bertz CT molecular complexity index is 588. The van der Waals surface area contributed by atoms with Gasteiger partial charge in [-0.15, -0.1) is 11.8 Å². The van der Waals surface area contributed by atoms with Crippen molar-refractivity contribution in [2.75, 3.05) is 5.75 Å². The predicted molar refractivity (Wildman–Crippen MR) is 96.3 cm³/mol. The minimum atomic E-state index is -1.01. The van der Waals surface area contributed by atoms with Crippen LogP contribution in [0.4, 0.5) is 4.79 Å². The van der Waals surface area contributed by atoms with Gasteiger partial charge in [0.25, 0.3) is 5.91 Å². The van der Waals surface area contributed by atoms with Gasteiger partial charge in [-0.05, 0) is 31.9 Å². The van der Waals surface area contributed by atoms with E-state index in [2.05, 4.69) is 10.6 Å². The molecule has 3 amide bonds. The summed E-state index contributed by atoms with van der Waals surface area (Å²) in [7, 11) is 0. The van der Waals surface area contributed by atoms with E-state index >= 15 is 0 Å². The molecule has 2 N–H and O–H groups in total. The highest BCUT2D eigenvalue weighted by molar-refractivity contribution is 8.00. The van der Waals surface area contributed by atoms with E-state index in [1.54, 1.807) is 0 Å². The molecule has 1 aliphatic carbocycles. The van der Waals surface area contributed by atoms with E-state index in [4.69, 9.17) is 4.74 Å². The van der Waals surface area contributed by atoms with Gasteiger partial charge in [0.15, 0.2) is 6.10 Å². The Balaban J connectivity index is 1.68. The van der Waals surface area contributed by atoms with Crippen LogP contribution >= 0.6 is 11.8 Å². The maximum Gasteiger partial charge on any atom is 0.321 e. The molecule has 1 aromatic rings. The third-order valence-corrected chi connectivity index (χ3v) is 4.94. The van der Waals surface area contributed by atoms with E-state index in [9.17, 15) is 14.4 Å². The molecule has 0 heterocycles. The first-order valence-electron chi connectivity index (χ1n) is 8.53. The predicted octanol–water partition coefficient (Wildman–Crippen LogP) is 2.87.